The number of hydrogen-bond donors (Lipinski definition) is 1. The molecule has 2 rings (SSSR count). The van der Waals surface area contributed by atoms with Crippen LogP contribution in [-0.2, 0) is 11.2 Å². The van der Waals surface area contributed by atoms with Crippen LogP contribution in [0, 0.1) is 0 Å². The topological polar surface area (TPSA) is 67.5 Å². The Hall–Kier alpha value is -2.36. The first-order valence-corrected chi connectivity index (χ1v) is 6.07. The summed E-state index contributed by atoms with van der Waals surface area (Å²) >= 11 is 0. The van der Waals surface area contributed by atoms with Crippen LogP contribution in [0.4, 0.5) is 0 Å². The van der Waals surface area contributed by atoms with Crippen LogP contribution in [-0.4, -0.2) is 11.1 Å². The van der Waals surface area contributed by atoms with E-state index in [1.807, 2.05) is 12.1 Å². The Bertz CT molecular complexity index is 695. The van der Waals surface area contributed by atoms with Gasteiger partial charge in [-0.25, -0.2) is 4.79 Å². The Balaban J connectivity index is 2.55. The van der Waals surface area contributed by atoms with Gasteiger partial charge in [0.2, 0.25) is 0 Å². The van der Waals surface area contributed by atoms with Gasteiger partial charge in [0.25, 0.3) is 0 Å². The Morgan fingerprint density at radius 1 is 1.42 bits per heavy atom. The monoisotopic (exact) mass is 258 g/mol. The quantitative estimate of drug-likeness (QED) is 0.856. The van der Waals surface area contributed by atoms with E-state index in [0.717, 1.165) is 24.5 Å². The third-order valence-electron chi connectivity index (χ3n) is 2.81. The van der Waals surface area contributed by atoms with Crippen molar-refractivity contribution in [1.82, 2.24) is 0 Å². The molecule has 0 saturated heterocycles. The number of carboxylic acids is 1. The Morgan fingerprint density at radius 3 is 2.89 bits per heavy atom. The molecule has 0 spiro atoms. The molecule has 0 saturated carbocycles. The lowest BCUT2D eigenvalue weighted by atomic mass is 10.1. The first kappa shape index (κ1) is 13.1. The molecular weight excluding hydrogens is 244 g/mol. The highest BCUT2D eigenvalue weighted by atomic mass is 16.4. The van der Waals surface area contributed by atoms with Crippen LogP contribution in [0.15, 0.2) is 39.7 Å². The van der Waals surface area contributed by atoms with E-state index in [9.17, 15) is 9.59 Å². The van der Waals surface area contributed by atoms with Gasteiger partial charge in [-0.15, -0.1) is 0 Å². The Labute approximate surface area is 110 Å². The molecule has 98 valence electrons. The lowest BCUT2D eigenvalue weighted by Gasteiger charge is -2.02. The largest absolute Gasteiger partial charge is 0.478 e. The number of aryl methyl sites for hydroxylation is 1. The molecule has 0 bridgehead atoms. The second-order valence-corrected chi connectivity index (χ2v) is 4.27. The number of aliphatic carboxylic acids is 1. The Kier molecular flexibility index (Phi) is 3.80. The van der Waals surface area contributed by atoms with E-state index in [-0.39, 0.29) is 11.0 Å². The van der Waals surface area contributed by atoms with Gasteiger partial charge in [0.1, 0.15) is 11.8 Å². The highest BCUT2D eigenvalue weighted by Gasteiger charge is 2.06. The van der Waals surface area contributed by atoms with Gasteiger partial charge < -0.3 is 9.52 Å². The van der Waals surface area contributed by atoms with Crippen molar-refractivity contribution in [3.63, 3.8) is 0 Å². The van der Waals surface area contributed by atoms with E-state index in [4.69, 9.17) is 9.52 Å². The molecule has 4 heteroatoms. The van der Waals surface area contributed by atoms with Crippen LogP contribution in [0.5, 0.6) is 0 Å². The van der Waals surface area contributed by atoms with Gasteiger partial charge in [-0.3, -0.25) is 4.79 Å². The molecule has 0 aliphatic carbocycles. The fourth-order valence-electron chi connectivity index (χ4n) is 1.91. The molecule has 1 N–H and O–H groups in total. The Morgan fingerprint density at radius 2 is 2.21 bits per heavy atom. The fraction of sp³-hybridized carbons (Fsp3) is 0.200. The second-order valence-electron chi connectivity index (χ2n) is 4.27. The van der Waals surface area contributed by atoms with E-state index in [2.05, 4.69) is 6.92 Å². The summed E-state index contributed by atoms with van der Waals surface area (Å²) in [4.78, 5) is 22.7. The summed E-state index contributed by atoms with van der Waals surface area (Å²) in [5.74, 6) is -1.10. The molecule has 0 aliphatic rings. The average Bonchev–Trinajstić information content (AvgIpc) is 2.39. The molecule has 2 aromatic rings. The molecule has 1 aromatic heterocycles. The van der Waals surface area contributed by atoms with Crippen LogP contribution in [0.1, 0.15) is 24.5 Å². The van der Waals surface area contributed by atoms with Gasteiger partial charge >= 0.3 is 5.97 Å². The van der Waals surface area contributed by atoms with Crippen LogP contribution >= 0.6 is 0 Å². The number of carboxylic acid groups (broad SMARTS) is 1. The van der Waals surface area contributed by atoms with Crippen LogP contribution in [0.3, 0.4) is 0 Å². The molecule has 0 radical (unpaired) electrons. The lowest BCUT2D eigenvalue weighted by Crippen LogP contribution is -2.05. The lowest BCUT2D eigenvalue weighted by molar-refractivity contribution is -0.131. The maximum atomic E-state index is 12.2. The van der Waals surface area contributed by atoms with Crippen molar-refractivity contribution in [2.24, 2.45) is 0 Å². The summed E-state index contributed by atoms with van der Waals surface area (Å²) in [7, 11) is 0. The fourth-order valence-corrected chi connectivity index (χ4v) is 1.91. The summed E-state index contributed by atoms with van der Waals surface area (Å²) in [5, 5.41) is 9.06. The molecule has 0 fully saturated rings. The van der Waals surface area contributed by atoms with Crippen molar-refractivity contribution in [2.75, 3.05) is 0 Å². The maximum absolute atomic E-state index is 12.2. The molecule has 4 nitrogen and oxygen atoms in total. The zero-order chi connectivity index (χ0) is 13.8. The number of hydrogen-bond acceptors (Lipinski definition) is 3. The van der Waals surface area contributed by atoms with Gasteiger partial charge in [0.15, 0.2) is 5.43 Å². The normalized spacial score (nSPS) is 11.2. The minimum absolute atomic E-state index is 0.211. The molecule has 0 aliphatic heterocycles. The number of fused-ring (bicyclic) bond motifs is 1. The predicted octanol–water partition coefficient (Wildman–Crippen LogP) is 2.84. The zero-order valence-corrected chi connectivity index (χ0v) is 10.6. The predicted molar refractivity (Wildman–Crippen MR) is 73.1 cm³/mol. The number of carbonyl (C=O) groups is 1. The van der Waals surface area contributed by atoms with Crippen molar-refractivity contribution >= 4 is 23.0 Å². The SMILES string of the molecule is CCCc1ccc2occ(/C=C\C(=O)O)c(=O)c2c1. The van der Waals surface area contributed by atoms with Gasteiger partial charge in [0.05, 0.1) is 10.9 Å². The van der Waals surface area contributed by atoms with Gasteiger partial charge in [-0.05, 0) is 30.2 Å². The third-order valence-corrected chi connectivity index (χ3v) is 2.81. The van der Waals surface area contributed by atoms with Crippen molar-refractivity contribution < 1.29 is 14.3 Å². The van der Waals surface area contributed by atoms with Crippen LogP contribution < -0.4 is 5.43 Å². The van der Waals surface area contributed by atoms with Gasteiger partial charge in [-0.2, -0.15) is 0 Å². The smallest absolute Gasteiger partial charge is 0.328 e. The van der Waals surface area contributed by atoms with Crippen molar-refractivity contribution in [3.05, 3.63) is 51.9 Å². The molecule has 1 aromatic carbocycles. The first-order chi connectivity index (χ1) is 9.11. The molecule has 0 amide bonds. The maximum Gasteiger partial charge on any atom is 0.328 e. The molecule has 0 atom stereocenters. The van der Waals surface area contributed by atoms with E-state index in [1.54, 1.807) is 6.07 Å². The van der Waals surface area contributed by atoms with Crippen LogP contribution in [0.25, 0.3) is 17.0 Å². The number of rotatable bonds is 4. The van der Waals surface area contributed by atoms with Crippen molar-refractivity contribution in [1.29, 1.82) is 0 Å². The van der Waals surface area contributed by atoms with Gasteiger partial charge in [0, 0.05) is 6.08 Å². The summed E-state index contributed by atoms with van der Waals surface area (Å²) < 4.78 is 5.34. The molecular formula is C15H14O4. The van der Waals surface area contributed by atoms with Crippen molar-refractivity contribution in [3.8, 4) is 0 Å². The average molecular weight is 258 g/mol. The first-order valence-electron chi connectivity index (χ1n) is 6.07. The summed E-state index contributed by atoms with van der Waals surface area (Å²) in [6.07, 6.45) is 5.34. The summed E-state index contributed by atoms with van der Waals surface area (Å²) in [6, 6.07) is 5.51. The van der Waals surface area contributed by atoms with Gasteiger partial charge in [-0.1, -0.05) is 19.4 Å². The highest BCUT2D eigenvalue weighted by molar-refractivity contribution is 5.86. The van der Waals surface area contributed by atoms with E-state index in [1.165, 1.54) is 12.3 Å². The number of benzene rings is 1. The minimum atomic E-state index is -1.10. The molecule has 19 heavy (non-hydrogen) atoms. The standard InChI is InChI=1S/C15H14O4/c1-2-3-10-4-6-13-12(8-10)15(18)11(9-19-13)5-7-14(16)17/h4-9H,2-3H2,1H3,(H,16,17)/b7-5-. The van der Waals surface area contributed by atoms with Crippen molar-refractivity contribution in [2.45, 2.75) is 19.8 Å². The third kappa shape index (κ3) is 2.91. The zero-order valence-electron chi connectivity index (χ0n) is 10.6. The summed E-state index contributed by atoms with van der Waals surface area (Å²) in [5.41, 5.74) is 1.61. The highest BCUT2D eigenvalue weighted by Crippen LogP contribution is 2.15. The second kappa shape index (κ2) is 5.52. The van der Waals surface area contributed by atoms with E-state index < -0.39 is 5.97 Å². The van der Waals surface area contributed by atoms with E-state index in [0.29, 0.717) is 11.0 Å². The van der Waals surface area contributed by atoms with Crippen LogP contribution in [0.2, 0.25) is 0 Å². The van der Waals surface area contributed by atoms with E-state index >= 15 is 0 Å². The molecule has 0 unspecified atom stereocenters. The minimum Gasteiger partial charge on any atom is -0.478 e. The summed E-state index contributed by atoms with van der Waals surface area (Å²) in [6.45, 7) is 2.07. The molecule has 1 heterocycles.